The molecule has 0 aromatic carbocycles. The Morgan fingerprint density at radius 3 is 2.82 bits per heavy atom. The quantitative estimate of drug-likeness (QED) is 0.882. The van der Waals surface area contributed by atoms with Crippen molar-refractivity contribution in [1.29, 1.82) is 0 Å². The van der Waals surface area contributed by atoms with Crippen molar-refractivity contribution in [3.8, 4) is 10.7 Å². The number of nitrogens with one attached hydrogen (secondary N) is 1. The Bertz CT molecular complexity index is 467. The fraction of sp³-hybridized carbons (Fsp3) is 0.417. The number of rotatable bonds is 5. The average Bonchev–Trinajstić information content (AvgIpc) is 2.80. The van der Waals surface area contributed by atoms with E-state index in [-0.39, 0.29) is 0 Å². The molecule has 0 aliphatic carbocycles. The van der Waals surface area contributed by atoms with Gasteiger partial charge < -0.3 is 5.32 Å². The predicted octanol–water partition coefficient (Wildman–Crippen LogP) is 2.27. The predicted molar refractivity (Wildman–Crippen MR) is 69.9 cm³/mol. The number of thiazole rings is 1. The van der Waals surface area contributed by atoms with Gasteiger partial charge in [0.15, 0.2) is 0 Å². The van der Waals surface area contributed by atoms with E-state index < -0.39 is 0 Å². The average molecular weight is 248 g/mol. The van der Waals surface area contributed by atoms with E-state index >= 15 is 0 Å². The van der Waals surface area contributed by atoms with Gasteiger partial charge in [0.05, 0.1) is 11.9 Å². The lowest BCUT2D eigenvalue weighted by atomic mass is 10.3. The van der Waals surface area contributed by atoms with Gasteiger partial charge in [-0.25, -0.2) is 4.98 Å². The Balaban J connectivity index is 2.28. The fourth-order valence-electron chi connectivity index (χ4n) is 1.56. The summed E-state index contributed by atoms with van der Waals surface area (Å²) >= 11 is 1.70. The molecule has 0 bridgehead atoms. The fourth-order valence-corrected chi connectivity index (χ4v) is 2.64. The van der Waals surface area contributed by atoms with E-state index in [1.807, 2.05) is 0 Å². The van der Waals surface area contributed by atoms with Crippen molar-refractivity contribution in [2.45, 2.75) is 26.8 Å². The van der Waals surface area contributed by atoms with E-state index in [0.717, 1.165) is 35.9 Å². The molecule has 0 atom stereocenters. The molecule has 0 radical (unpaired) electrons. The van der Waals surface area contributed by atoms with Crippen molar-refractivity contribution in [2.24, 2.45) is 0 Å². The third-order valence-corrected chi connectivity index (χ3v) is 3.55. The molecule has 0 saturated carbocycles. The second-order valence-corrected chi connectivity index (χ2v) is 4.70. The van der Waals surface area contributed by atoms with Crippen LogP contribution in [0.15, 0.2) is 18.6 Å². The zero-order valence-corrected chi connectivity index (χ0v) is 10.9. The van der Waals surface area contributed by atoms with Crippen molar-refractivity contribution in [3.63, 3.8) is 0 Å². The molecule has 2 aromatic rings. The maximum absolute atomic E-state index is 4.63. The highest BCUT2D eigenvalue weighted by Gasteiger charge is 2.11. The van der Waals surface area contributed by atoms with E-state index in [2.05, 4.69) is 34.1 Å². The first-order valence-corrected chi connectivity index (χ1v) is 6.62. The van der Waals surface area contributed by atoms with Gasteiger partial charge in [-0.15, -0.1) is 11.3 Å². The van der Waals surface area contributed by atoms with Crippen LogP contribution in [0.4, 0.5) is 0 Å². The summed E-state index contributed by atoms with van der Waals surface area (Å²) in [7, 11) is 0. The highest BCUT2D eigenvalue weighted by molar-refractivity contribution is 7.15. The molecule has 2 aromatic heterocycles. The number of hydrogen-bond acceptors (Lipinski definition) is 5. The summed E-state index contributed by atoms with van der Waals surface area (Å²) in [6, 6.07) is 0. The largest absolute Gasteiger partial charge is 0.312 e. The summed E-state index contributed by atoms with van der Waals surface area (Å²) in [5, 5.41) is 4.30. The van der Waals surface area contributed by atoms with Gasteiger partial charge in [-0.2, -0.15) is 0 Å². The van der Waals surface area contributed by atoms with Crippen LogP contribution in [0.5, 0.6) is 0 Å². The molecule has 0 fully saturated rings. The smallest absolute Gasteiger partial charge is 0.144 e. The number of nitrogens with zero attached hydrogens (tertiary/aromatic N) is 3. The maximum atomic E-state index is 4.63. The van der Waals surface area contributed by atoms with Crippen LogP contribution in [0.3, 0.4) is 0 Å². The third-order valence-electron chi connectivity index (χ3n) is 2.43. The van der Waals surface area contributed by atoms with Gasteiger partial charge in [-0.05, 0) is 13.0 Å². The molecule has 5 heteroatoms. The molecule has 0 unspecified atom stereocenters. The maximum Gasteiger partial charge on any atom is 0.144 e. The summed E-state index contributed by atoms with van der Waals surface area (Å²) in [5.41, 5.74) is 2.02. The molecule has 0 aliphatic rings. The van der Waals surface area contributed by atoms with Crippen LogP contribution in [0.1, 0.15) is 24.4 Å². The first kappa shape index (κ1) is 12.1. The number of aryl methyl sites for hydroxylation is 1. The van der Waals surface area contributed by atoms with E-state index in [1.54, 1.807) is 29.9 Å². The minimum atomic E-state index is 0.856. The first-order chi connectivity index (χ1) is 8.35. The SMILES string of the molecule is CCNCc1sc(-c2cnccn2)nc1CC. The zero-order valence-electron chi connectivity index (χ0n) is 10.1. The highest BCUT2D eigenvalue weighted by atomic mass is 32.1. The van der Waals surface area contributed by atoms with Crippen molar-refractivity contribution >= 4 is 11.3 Å². The van der Waals surface area contributed by atoms with Crippen LogP contribution >= 0.6 is 11.3 Å². The van der Waals surface area contributed by atoms with Crippen molar-refractivity contribution < 1.29 is 0 Å². The molecule has 0 saturated heterocycles. The van der Waals surface area contributed by atoms with Crippen molar-refractivity contribution in [1.82, 2.24) is 20.3 Å². The van der Waals surface area contributed by atoms with Gasteiger partial charge in [-0.1, -0.05) is 13.8 Å². The standard InChI is InChI=1S/C12H16N4S/c1-3-9-11(8-13-4-2)17-12(16-9)10-7-14-5-6-15-10/h5-7,13H,3-4,8H2,1-2H3. The zero-order chi connectivity index (χ0) is 12.1. The molecule has 2 heterocycles. The minimum absolute atomic E-state index is 0.856. The first-order valence-electron chi connectivity index (χ1n) is 5.80. The number of aromatic nitrogens is 3. The Kier molecular flexibility index (Phi) is 4.17. The lowest BCUT2D eigenvalue weighted by Crippen LogP contribution is -2.11. The second-order valence-electron chi connectivity index (χ2n) is 3.61. The lowest BCUT2D eigenvalue weighted by Gasteiger charge is -1.99. The van der Waals surface area contributed by atoms with Crippen LogP contribution in [0.25, 0.3) is 10.7 Å². The monoisotopic (exact) mass is 248 g/mol. The molecule has 0 amide bonds. The van der Waals surface area contributed by atoms with Gasteiger partial charge in [0.1, 0.15) is 10.7 Å². The molecular formula is C12H16N4S. The summed E-state index contributed by atoms with van der Waals surface area (Å²) in [5.74, 6) is 0. The van der Waals surface area contributed by atoms with E-state index in [4.69, 9.17) is 0 Å². The Morgan fingerprint density at radius 1 is 1.29 bits per heavy atom. The molecule has 90 valence electrons. The van der Waals surface area contributed by atoms with E-state index in [9.17, 15) is 0 Å². The minimum Gasteiger partial charge on any atom is -0.312 e. The van der Waals surface area contributed by atoms with Gasteiger partial charge in [-0.3, -0.25) is 9.97 Å². The van der Waals surface area contributed by atoms with Crippen molar-refractivity contribution in [2.75, 3.05) is 6.54 Å². The van der Waals surface area contributed by atoms with Gasteiger partial charge in [0, 0.05) is 23.8 Å². The topological polar surface area (TPSA) is 50.7 Å². The molecule has 0 spiro atoms. The highest BCUT2D eigenvalue weighted by Crippen LogP contribution is 2.26. The van der Waals surface area contributed by atoms with E-state index in [1.165, 1.54) is 4.88 Å². The van der Waals surface area contributed by atoms with Crippen LogP contribution in [-0.4, -0.2) is 21.5 Å². The molecule has 4 nitrogen and oxygen atoms in total. The number of hydrogen-bond donors (Lipinski definition) is 1. The summed E-state index contributed by atoms with van der Waals surface area (Å²) in [4.78, 5) is 14.3. The molecule has 17 heavy (non-hydrogen) atoms. The van der Waals surface area contributed by atoms with Crippen LogP contribution in [0.2, 0.25) is 0 Å². The molecule has 1 N–H and O–H groups in total. The van der Waals surface area contributed by atoms with Gasteiger partial charge in [0.2, 0.25) is 0 Å². The van der Waals surface area contributed by atoms with Gasteiger partial charge >= 0.3 is 0 Å². The summed E-state index contributed by atoms with van der Waals surface area (Å²) < 4.78 is 0. The summed E-state index contributed by atoms with van der Waals surface area (Å²) in [6.07, 6.45) is 6.09. The molecular weight excluding hydrogens is 232 g/mol. The normalized spacial score (nSPS) is 10.7. The Hall–Kier alpha value is -1.33. The van der Waals surface area contributed by atoms with Gasteiger partial charge in [0.25, 0.3) is 0 Å². The van der Waals surface area contributed by atoms with Crippen molar-refractivity contribution in [3.05, 3.63) is 29.2 Å². The third kappa shape index (κ3) is 2.87. The molecule has 0 aliphatic heterocycles. The van der Waals surface area contributed by atoms with Crippen LogP contribution in [-0.2, 0) is 13.0 Å². The lowest BCUT2D eigenvalue weighted by molar-refractivity contribution is 0.727. The Morgan fingerprint density at radius 2 is 2.18 bits per heavy atom. The Labute approximate surface area is 105 Å². The molecule has 2 rings (SSSR count). The van der Waals surface area contributed by atoms with E-state index in [0.29, 0.717) is 0 Å². The van der Waals surface area contributed by atoms with Crippen LogP contribution < -0.4 is 5.32 Å². The second kappa shape index (κ2) is 5.84. The summed E-state index contributed by atoms with van der Waals surface area (Å²) in [6.45, 7) is 6.10. The van der Waals surface area contributed by atoms with Crippen LogP contribution in [0, 0.1) is 0 Å².